The zero-order valence-corrected chi connectivity index (χ0v) is 18.8. The largest absolute Gasteiger partial charge is 0.494 e. The molecule has 0 saturated heterocycles. The van der Waals surface area contributed by atoms with Crippen molar-refractivity contribution in [3.05, 3.63) is 75.7 Å². The van der Waals surface area contributed by atoms with Crippen molar-refractivity contribution in [3.63, 3.8) is 0 Å². The number of thiazole rings is 1. The van der Waals surface area contributed by atoms with Crippen molar-refractivity contribution < 1.29 is 9.53 Å². The molecule has 1 amide bonds. The van der Waals surface area contributed by atoms with Crippen LogP contribution >= 0.6 is 27.3 Å². The molecule has 0 fully saturated rings. The number of rotatable bonds is 6. The monoisotopic (exact) mass is 482 g/mol. The maximum absolute atomic E-state index is 12.7. The van der Waals surface area contributed by atoms with Crippen molar-refractivity contribution >= 4 is 39.0 Å². The Morgan fingerprint density at radius 2 is 2.00 bits per heavy atom. The molecule has 6 nitrogen and oxygen atoms in total. The molecule has 0 unspecified atom stereocenters. The number of anilines is 1. The predicted octanol–water partition coefficient (Wildman–Crippen LogP) is 5.72. The number of hydrogen-bond acceptors (Lipinski definition) is 5. The van der Waals surface area contributed by atoms with Gasteiger partial charge < -0.3 is 10.1 Å². The van der Waals surface area contributed by atoms with Gasteiger partial charge >= 0.3 is 0 Å². The number of aryl methyl sites for hydroxylation is 1. The lowest BCUT2D eigenvalue weighted by molar-refractivity contribution is 0.102. The lowest BCUT2D eigenvalue weighted by Crippen LogP contribution is -2.15. The molecule has 2 aromatic heterocycles. The maximum Gasteiger partial charge on any atom is 0.256 e. The Morgan fingerprint density at radius 1 is 1.20 bits per heavy atom. The summed E-state index contributed by atoms with van der Waals surface area (Å²) in [5.74, 6) is 1.20. The molecule has 4 aromatic rings. The molecule has 0 aliphatic heterocycles. The molecule has 8 heteroatoms. The second kappa shape index (κ2) is 8.81. The quantitative estimate of drug-likeness (QED) is 0.381. The number of amides is 1. The zero-order chi connectivity index (χ0) is 21.1. The summed E-state index contributed by atoms with van der Waals surface area (Å²) in [6.45, 7) is 4.47. The van der Waals surface area contributed by atoms with Crippen molar-refractivity contribution in [2.45, 2.75) is 13.8 Å². The van der Waals surface area contributed by atoms with Gasteiger partial charge in [0.2, 0.25) is 5.13 Å². The Balaban J connectivity index is 1.59. The highest BCUT2D eigenvalue weighted by molar-refractivity contribution is 9.10. The molecule has 0 bridgehead atoms. The Labute approximate surface area is 186 Å². The molecule has 0 saturated carbocycles. The van der Waals surface area contributed by atoms with Gasteiger partial charge in [-0.05, 0) is 56.3 Å². The number of nitrogens with zero attached hydrogens (tertiary/aromatic N) is 3. The molecule has 0 aliphatic carbocycles. The van der Waals surface area contributed by atoms with Crippen LogP contribution in [0.4, 0.5) is 5.82 Å². The van der Waals surface area contributed by atoms with E-state index in [1.807, 2.05) is 61.7 Å². The number of hydrogen-bond donors (Lipinski definition) is 1. The maximum atomic E-state index is 12.7. The molecule has 1 N–H and O–H groups in total. The van der Waals surface area contributed by atoms with Gasteiger partial charge in [-0.15, -0.1) is 11.3 Å². The Kier molecular flexibility index (Phi) is 5.96. The predicted molar refractivity (Wildman–Crippen MR) is 123 cm³/mol. The van der Waals surface area contributed by atoms with Crippen LogP contribution in [0.15, 0.2) is 64.5 Å². The number of ether oxygens (including phenoxy) is 1. The van der Waals surface area contributed by atoms with Crippen LogP contribution in [-0.2, 0) is 0 Å². The fraction of sp³-hybridized carbons (Fsp3) is 0.136. The smallest absolute Gasteiger partial charge is 0.256 e. The van der Waals surface area contributed by atoms with Crippen LogP contribution in [0.25, 0.3) is 16.4 Å². The van der Waals surface area contributed by atoms with Gasteiger partial charge in [-0.1, -0.05) is 22.0 Å². The summed E-state index contributed by atoms with van der Waals surface area (Å²) >= 11 is 4.86. The van der Waals surface area contributed by atoms with Gasteiger partial charge in [0.1, 0.15) is 11.6 Å². The van der Waals surface area contributed by atoms with Gasteiger partial charge in [-0.25, -0.2) is 4.98 Å². The average Bonchev–Trinajstić information content (AvgIpc) is 3.35. The fourth-order valence-electron chi connectivity index (χ4n) is 2.94. The van der Waals surface area contributed by atoms with Crippen molar-refractivity contribution in [1.29, 1.82) is 0 Å². The highest BCUT2D eigenvalue weighted by atomic mass is 79.9. The first-order chi connectivity index (χ1) is 14.5. The molecule has 4 rings (SSSR count). The summed E-state index contributed by atoms with van der Waals surface area (Å²) in [4.78, 5) is 17.4. The van der Waals surface area contributed by atoms with E-state index in [-0.39, 0.29) is 5.91 Å². The minimum atomic E-state index is -0.208. The SMILES string of the molecule is CCOc1ccc(-c2csc(-n3nc(C)cc3NC(=O)c3cccc(Br)c3)n2)cc1. The number of nitrogens with one attached hydrogen (secondary N) is 1. The average molecular weight is 483 g/mol. The third kappa shape index (κ3) is 4.44. The number of carbonyl (C=O) groups excluding carboxylic acids is 1. The molecule has 2 heterocycles. The molecule has 2 aromatic carbocycles. The molecule has 30 heavy (non-hydrogen) atoms. The van der Waals surface area contributed by atoms with E-state index in [0.717, 1.165) is 27.2 Å². The molecule has 0 spiro atoms. The Bertz CT molecular complexity index is 1180. The van der Waals surface area contributed by atoms with Crippen molar-refractivity contribution in [1.82, 2.24) is 14.8 Å². The van der Waals surface area contributed by atoms with E-state index in [2.05, 4.69) is 26.3 Å². The van der Waals surface area contributed by atoms with Crippen molar-refractivity contribution in [2.24, 2.45) is 0 Å². The van der Waals surface area contributed by atoms with Crippen LogP contribution in [-0.4, -0.2) is 27.3 Å². The number of halogens is 1. The number of benzene rings is 2. The van der Waals surface area contributed by atoms with Gasteiger partial charge in [0, 0.05) is 27.0 Å². The van der Waals surface area contributed by atoms with Gasteiger partial charge in [0.05, 0.1) is 18.0 Å². The van der Waals surface area contributed by atoms with Gasteiger partial charge in [-0.2, -0.15) is 9.78 Å². The van der Waals surface area contributed by atoms with Crippen LogP contribution in [0, 0.1) is 6.92 Å². The highest BCUT2D eigenvalue weighted by Gasteiger charge is 2.15. The van der Waals surface area contributed by atoms with Crippen LogP contribution in [0.5, 0.6) is 5.75 Å². The normalized spacial score (nSPS) is 10.8. The van der Waals surface area contributed by atoms with Crippen LogP contribution < -0.4 is 10.1 Å². The third-order valence-corrected chi connectivity index (χ3v) is 5.60. The summed E-state index contributed by atoms with van der Waals surface area (Å²) in [5, 5.41) is 10.1. The van der Waals surface area contributed by atoms with Crippen LogP contribution in [0.3, 0.4) is 0 Å². The minimum Gasteiger partial charge on any atom is -0.494 e. The van der Waals surface area contributed by atoms with Crippen LogP contribution in [0.2, 0.25) is 0 Å². The van der Waals surface area contributed by atoms with E-state index in [0.29, 0.717) is 23.1 Å². The second-order valence-electron chi connectivity index (χ2n) is 6.52. The number of aromatic nitrogens is 3. The standard InChI is InChI=1S/C22H19BrN4O2S/c1-3-29-18-9-7-15(8-10-18)19-13-30-22(24-19)27-20(11-14(2)26-27)25-21(28)16-5-4-6-17(23)12-16/h4-13H,3H2,1-2H3,(H,25,28). The molecule has 152 valence electrons. The zero-order valence-electron chi connectivity index (χ0n) is 16.4. The lowest BCUT2D eigenvalue weighted by Gasteiger charge is -2.07. The Hall–Kier alpha value is -2.97. The first-order valence-electron chi connectivity index (χ1n) is 9.36. The molecular formula is C22H19BrN4O2S. The van der Waals surface area contributed by atoms with Crippen LogP contribution in [0.1, 0.15) is 23.0 Å². The van der Waals surface area contributed by atoms with E-state index in [4.69, 9.17) is 9.72 Å². The second-order valence-corrected chi connectivity index (χ2v) is 8.27. The fourth-order valence-corrected chi connectivity index (χ4v) is 4.13. The summed E-state index contributed by atoms with van der Waals surface area (Å²) < 4.78 is 8.00. The van der Waals surface area contributed by atoms with Gasteiger partial charge in [0.25, 0.3) is 5.91 Å². The van der Waals surface area contributed by atoms with Gasteiger partial charge in [0.15, 0.2) is 0 Å². The van der Waals surface area contributed by atoms with E-state index in [1.54, 1.807) is 16.8 Å². The summed E-state index contributed by atoms with van der Waals surface area (Å²) in [7, 11) is 0. The molecule has 0 aliphatic rings. The first-order valence-corrected chi connectivity index (χ1v) is 11.0. The summed E-state index contributed by atoms with van der Waals surface area (Å²) in [5.41, 5.74) is 3.18. The summed E-state index contributed by atoms with van der Waals surface area (Å²) in [6, 6.07) is 16.9. The molecule has 0 radical (unpaired) electrons. The third-order valence-electron chi connectivity index (χ3n) is 4.29. The van der Waals surface area contributed by atoms with Gasteiger partial charge in [-0.3, -0.25) is 4.79 Å². The van der Waals surface area contributed by atoms with E-state index in [9.17, 15) is 4.79 Å². The van der Waals surface area contributed by atoms with E-state index >= 15 is 0 Å². The van der Waals surface area contributed by atoms with Crippen molar-refractivity contribution in [3.8, 4) is 22.1 Å². The first kappa shape index (κ1) is 20.3. The van der Waals surface area contributed by atoms with Crippen molar-refractivity contribution in [2.75, 3.05) is 11.9 Å². The van der Waals surface area contributed by atoms with E-state index in [1.165, 1.54) is 11.3 Å². The lowest BCUT2D eigenvalue weighted by atomic mass is 10.2. The Morgan fingerprint density at radius 3 is 2.73 bits per heavy atom. The highest BCUT2D eigenvalue weighted by Crippen LogP contribution is 2.28. The minimum absolute atomic E-state index is 0.208. The van der Waals surface area contributed by atoms with E-state index < -0.39 is 0 Å². The topological polar surface area (TPSA) is 69.0 Å². The summed E-state index contributed by atoms with van der Waals surface area (Å²) in [6.07, 6.45) is 0. The molecule has 0 atom stereocenters. The molecular weight excluding hydrogens is 464 g/mol. The number of carbonyl (C=O) groups is 1.